The lowest BCUT2D eigenvalue weighted by Crippen LogP contribution is -2.21. The summed E-state index contributed by atoms with van der Waals surface area (Å²) in [6.45, 7) is 0. The Morgan fingerprint density at radius 1 is 1.25 bits per heavy atom. The number of hydrogen-bond donors (Lipinski definition) is 0. The zero-order chi connectivity index (χ0) is 12.0. The number of rotatable bonds is 3. The summed E-state index contributed by atoms with van der Waals surface area (Å²) in [6, 6.07) is 12.5. The molecular formula is C12H10N2O2. The largest absolute Gasteiger partial charge is 0.468 e. The molecule has 0 aliphatic heterocycles. The van der Waals surface area contributed by atoms with Gasteiger partial charge in [-0.15, -0.1) is 0 Å². The van der Waals surface area contributed by atoms with Crippen LogP contribution in [-0.4, -0.2) is 13.1 Å². The van der Waals surface area contributed by atoms with Crippen LogP contribution in [-0.2, 0) is 9.53 Å². The van der Waals surface area contributed by atoms with Gasteiger partial charge in [0.25, 0.3) is 0 Å². The Balaban J connectivity index is 3.04. The average Bonchev–Trinajstić information content (AvgIpc) is 2.36. The van der Waals surface area contributed by atoms with Crippen molar-refractivity contribution in [3.8, 4) is 12.1 Å². The topological polar surface area (TPSA) is 73.9 Å². The summed E-state index contributed by atoms with van der Waals surface area (Å²) in [5.41, 5.74) is 0.641. The average molecular weight is 214 g/mol. The number of esters is 1. The van der Waals surface area contributed by atoms with E-state index < -0.39 is 17.8 Å². The molecule has 80 valence electrons. The summed E-state index contributed by atoms with van der Waals surface area (Å²) in [7, 11) is 1.20. The fourth-order valence-electron chi connectivity index (χ4n) is 1.39. The second-order valence-corrected chi connectivity index (χ2v) is 3.15. The fraction of sp³-hybridized carbons (Fsp3) is 0.250. The minimum Gasteiger partial charge on any atom is -0.468 e. The highest BCUT2D eigenvalue weighted by molar-refractivity contribution is 5.77. The standard InChI is InChI=1S/C12H10N2O2/c1-16-12(15)11(8-14)10(7-13)9-5-3-2-4-6-9/h2-6,10-11H,1H3/t10-,11+/m1/s1. The first-order chi connectivity index (χ1) is 7.74. The quantitative estimate of drug-likeness (QED) is 0.716. The molecule has 0 heterocycles. The van der Waals surface area contributed by atoms with Crippen molar-refractivity contribution in [3.05, 3.63) is 35.9 Å². The number of hydrogen-bond acceptors (Lipinski definition) is 4. The highest BCUT2D eigenvalue weighted by atomic mass is 16.5. The maximum absolute atomic E-state index is 11.3. The van der Waals surface area contributed by atoms with Crippen LogP contribution in [0.25, 0.3) is 0 Å². The third-order valence-electron chi connectivity index (χ3n) is 2.23. The van der Waals surface area contributed by atoms with E-state index in [4.69, 9.17) is 10.5 Å². The third kappa shape index (κ3) is 2.37. The minimum absolute atomic E-state index is 0.641. The lowest BCUT2D eigenvalue weighted by molar-refractivity contribution is -0.143. The van der Waals surface area contributed by atoms with Gasteiger partial charge in [0.05, 0.1) is 25.2 Å². The predicted octanol–water partition coefficient (Wildman–Crippen LogP) is 1.61. The van der Waals surface area contributed by atoms with Crippen LogP contribution in [0.15, 0.2) is 30.3 Å². The molecule has 0 aliphatic rings. The Morgan fingerprint density at radius 3 is 2.31 bits per heavy atom. The lowest BCUT2D eigenvalue weighted by atomic mass is 9.88. The summed E-state index contributed by atoms with van der Waals surface area (Å²) in [5, 5.41) is 17.9. The van der Waals surface area contributed by atoms with Gasteiger partial charge in [-0.25, -0.2) is 0 Å². The Labute approximate surface area is 93.7 Å². The summed E-state index contributed by atoms with van der Waals surface area (Å²) >= 11 is 0. The first-order valence-electron chi connectivity index (χ1n) is 4.66. The van der Waals surface area contributed by atoms with Crippen molar-refractivity contribution in [1.82, 2.24) is 0 Å². The van der Waals surface area contributed by atoms with Crippen molar-refractivity contribution in [2.45, 2.75) is 5.92 Å². The molecule has 1 aromatic carbocycles. The molecule has 2 atom stereocenters. The molecule has 1 aromatic rings. The maximum Gasteiger partial charge on any atom is 0.324 e. The molecule has 0 N–H and O–H groups in total. The van der Waals surface area contributed by atoms with Crippen LogP contribution < -0.4 is 0 Å². The number of methoxy groups -OCH3 is 1. The Morgan fingerprint density at radius 2 is 1.88 bits per heavy atom. The van der Waals surface area contributed by atoms with Crippen molar-refractivity contribution in [2.24, 2.45) is 5.92 Å². The monoisotopic (exact) mass is 214 g/mol. The number of benzene rings is 1. The number of nitrogens with zero attached hydrogens (tertiary/aromatic N) is 2. The molecule has 4 nitrogen and oxygen atoms in total. The molecule has 1 rings (SSSR count). The molecule has 0 bridgehead atoms. The van der Waals surface area contributed by atoms with E-state index >= 15 is 0 Å². The number of nitriles is 2. The first kappa shape index (κ1) is 11.7. The van der Waals surface area contributed by atoms with Gasteiger partial charge in [0.1, 0.15) is 0 Å². The van der Waals surface area contributed by atoms with Gasteiger partial charge in [0.2, 0.25) is 0 Å². The van der Waals surface area contributed by atoms with Crippen molar-refractivity contribution in [2.75, 3.05) is 7.11 Å². The van der Waals surface area contributed by atoms with E-state index in [9.17, 15) is 4.79 Å². The second-order valence-electron chi connectivity index (χ2n) is 3.15. The minimum atomic E-state index is -1.09. The molecule has 0 saturated carbocycles. The number of carbonyl (C=O) groups excluding carboxylic acids is 1. The molecule has 0 saturated heterocycles. The van der Waals surface area contributed by atoms with E-state index in [2.05, 4.69) is 4.74 Å². The molecular weight excluding hydrogens is 204 g/mol. The second kappa shape index (κ2) is 5.53. The van der Waals surface area contributed by atoms with Crippen molar-refractivity contribution >= 4 is 5.97 Å². The van der Waals surface area contributed by atoms with Gasteiger partial charge in [-0.1, -0.05) is 30.3 Å². The summed E-state index contributed by atoms with van der Waals surface area (Å²) in [5.74, 6) is -2.56. The van der Waals surface area contributed by atoms with Crippen LogP contribution in [0.1, 0.15) is 11.5 Å². The van der Waals surface area contributed by atoms with Crippen LogP contribution in [0, 0.1) is 28.6 Å². The smallest absolute Gasteiger partial charge is 0.324 e. The highest BCUT2D eigenvalue weighted by Gasteiger charge is 2.30. The zero-order valence-electron chi connectivity index (χ0n) is 8.75. The van der Waals surface area contributed by atoms with Gasteiger partial charge in [-0.3, -0.25) is 4.79 Å². The van der Waals surface area contributed by atoms with Gasteiger partial charge in [0, 0.05) is 0 Å². The molecule has 0 fully saturated rings. The van der Waals surface area contributed by atoms with Crippen LogP contribution in [0.5, 0.6) is 0 Å². The van der Waals surface area contributed by atoms with Crippen LogP contribution >= 0.6 is 0 Å². The Kier molecular flexibility index (Phi) is 4.06. The first-order valence-corrected chi connectivity index (χ1v) is 4.66. The molecule has 0 radical (unpaired) electrons. The Hall–Kier alpha value is -2.33. The van der Waals surface area contributed by atoms with Crippen molar-refractivity contribution in [3.63, 3.8) is 0 Å². The normalized spacial score (nSPS) is 12.9. The molecule has 0 unspecified atom stereocenters. The van der Waals surface area contributed by atoms with Crippen molar-refractivity contribution < 1.29 is 9.53 Å². The molecule has 4 heteroatoms. The number of ether oxygens (including phenoxy) is 1. The summed E-state index contributed by atoms with van der Waals surface area (Å²) < 4.78 is 4.49. The van der Waals surface area contributed by atoms with Gasteiger partial charge < -0.3 is 4.74 Å². The SMILES string of the molecule is COC(=O)[C@@H](C#N)[C@H](C#N)c1ccccc1. The maximum atomic E-state index is 11.3. The van der Waals surface area contributed by atoms with Gasteiger partial charge >= 0.3 is 5.97 Å². The van der Waals surface area contributed by atoms with Crippen LogP contribution in [0.3, 0.4) is 0 Å². The van der Waals surface area contributed by atoms with E-state index in [1.165, 1.54) is 7.11 Å². The molecule has 0 amide bonds. The van der Waals surface area contributed by atoms with E-state index in [1.807, 2.05) is 6.07 Å². The van der Waals surface area contributed by atoms with Crippen molar-refractivity contribution in [1.29, 1.82) is 10.5 Å². The van der Waals surface area contributed by atoms with E-state index in [1.54, 1.807) is 36.4 Å². The van der Waals surface area contributed by atoms with Gasteiger partial charge in [-0.2, -0.15) is 10.5 Å². The van der Waals surface area contributed by atoms with E-state index in [-0.39, 0.29) is 0 Å². The fourth-order valence-corrected chi connectivity index (χ4v) is 1.39. The van der Waals surface area contributed by atoms with Gasteiger partial charge in [0.15, 0.2) is 5.92 Å². The summed E-state index contributed by atoms with van der Waals surface area (Å²) in [4.78, 5) is 11.3. The molecule has 0 aromatic heterocycles. The van der Waals surface area contributed by atoms with E-state index in [0.717, 1.165) is 0 Å². The lowest BCUT2D eigenvalue weighted by Gasteiger charge is -2.13. The third-order valence-corrected chi connectivity index (χ3v) is 2.23. The molecule has 0 spiro atoms. The van der Waals surface area contributed by atoms with Crippen LogP contribution in [0.4, 0.5) is 0 Å². The molecule has 0 aliphatic carbocycles. The van der Waals surface area contributed by atoms with E-state index in [0.29, 0.717) is 5.56 Å². The highest BCUT2D eigenvalue weighted by Crippen LogP contribution is 2.24. The number of carbonyl (C=O) groups is 1. The Bertz CT molecular complexity index is 442. The zero-order valence-corrected chi connectivity index (χ0v) is 8.75. The molecule has 16 heavy (non-hydrogen) atoms. The summed E-state index contributed by atoms with van der Waals surface area (Å²) in [6.07, 6.45) is 0. The predicted molar refractivity (Wildman–Crippen MR) is 55.9 cm³/mol. The van der Waals surface area contributed by atoms with Crippen LogP contribution in [0.2, 0.25) is 0 Å². The van der Waals surface area contributed by atoms with Gasteiger partial charge in [-0.05, 0) is 5.56 Å².